The van der Waals surface area contributed by atoms with Gasteiger partial charge in [-0.3, -0.25) is 0 Å². The van der Waals surface area contributed by atoms with E-state index in [-0.39, 0.29) is 0 Å². The predicted molar refractivity (Wildman–Crippen MR) is 50.8 cm³/mol. The standard InChI is InChI=1S/C10H4F14O2/c11-5(12,13)1-25-3-4(26-2-6(14,15)16)8(19,20)10(23,24)9(21,22)7(3,17)18/h1-2H2. The lowest BCUT2D eigenvalue weighted by molar-refractivity contribution is -0.377. The van der Waals surface area contributed by atoms with Crippen LogP contribution in [0.3, 0.4) is 0 Å². The highest BCUT2D eigenvalue weighted by Crippen LogP contribution is 2.62. The number of halogens is 14. The van der Waals surface area contributed by atoms with Crippen LogP contribution in [0, 0.1) is 0 Å². The Morgan fingerprint density at radius 2 is 0.769 bits per heavy atom. The van der Waals surface area contributed by atoms with Gasteiger partial charge in [0, 0.05) is 0 Å². The molecule has 0 unspecified atom stereocenters. The summed E-state index contributed by atoms with van der Waals surface area (Å²) in [5.74, 6) is -34.1. The Bertz CT molecular complexity index is 519. The van der Waals surface area contributed by atoms with Crippen LogP contribution in [0.4, 0.5) is 61.5 Å². The van der Waals surface area contributed by atoms with Gasteiger partial charge in [-0.2, -0.15) is 61.5 Å². The number of hydrogen-bond donors (Lipinski definition) is 0. The fraction of sp³-hybridized carbons (Fsp3) is 0.800. The molecule has 16 heteroatoms. The fourth-order valence-electron chi connectivity index (χ4n) is 1.59. The van der Waals surface area contributed by atoms with E-state index in [1.54, 1.807) is 0 Å². The number of ether oxygens (including phenoxy) is 2. The summed E-state index contributed by atoms with van der Waals surface area (Å²) in [6.45, 7) is -5.96. The third-order valence-corrected chi connectivity index (χ3v) is 2.72. The third-order valence-electron chi connectivity index (χ3n) is 2.72. The van der Waals surface area contributed by atoms with Gasteiger partial charge in [0.25, 0.3) is 0 Å². The Labute approximate surface area is 133 Å². The van der Waals surface area contributed by atoms with E-state index in [4.69, 9.17) is 0 Å². The quantitative estimate of drug-likeness (QED) is 0.600. The average molecular weight is 422 g/mol. The SMILES string of the molecule is FC(F)(F)COC1=C(OCC(F)(F)F)C(F)(F)C(F)(F)C(F)(F)C1(F)F. The molecule has 0 aromatic rings. The first kappa shape index (κ1) is 22.4. The zero-order valence-electron chi connectivity index (χ0n) is 11.5. The molecule has 0 bridgehead atoms. The van der Waals surface area contributed by atoms with E-state index >= 15 is 0 Å². The van der Waals surface area contributed by atoms with Crippen molar-refractivity contribution >= 4 is 0 Å². The second-order valence-electron chi connectivity index (χ2n) is 4.76. The van der Waals surface area contributed by atoms with Crippen molar-refractivity contribution in [2.45, 2.75) is 36.0 Å². The van der Waals surface area contributed by atoms with Crippen LogP contribution in [0.1, 0.15) is 0 Å². The van der Waals surface area contributed by atoms with Crippen molar-refractivity contribution in [3.05, 3.63) is 11.5 Å². The molecule has 0 fully saturated rings. The van der Waals surface area contributed by atoms with E-state index < -0.39 is 60.8 Å². The molecule has 0 N–H and O–H groups in total. The number of alkyl halides is 14. The summed E-state index contributed by atoms with van der Waals surface area (Å²) >= 11 is 0. The minimum absolute atomic E-state index is 2.98. The Morgan fingerprint density at radius 3 is 0.962 bits per heavy atom. The van der Waals surface area contributed by atoms with E-state index in [2.05, 4.69) is 9.47 Å². The van der Waals surface area contributed by atoms with Crippen molar-refractivity contribution in [1.82, 2.24) is 0 Å². The molecule has 0 amide bonds. The van der Waals surface area contributed by atoms with Crippen LogP contribution in [0.25, 0.3) is 0 Å². The summed E-state index contributed by atoms with van der Waals surface area (Å²) in [5.41, 5.74) is 0. The average Bonchev–Trinajstić information content (AvgIpc) is 2.37. The molecule has 0 heterocycles. The van der Waals surface area contributed by atoms with Crippen LogP contribution in [-0.2, 0) is 9.47 Å². The van der Waals surface area contributed by atoms with E-state index in [1.807, 2.05) is 0 Å². The molecule has 1 rings (SSSR count). The zero-order valence-corrected chi connectivity index (χ0v) is 11.5. The summed E-state index contributed by atoms with van der Waals surface area (Å²) in [4.78, 5) is 0. The summed E-state index contributed by atoms with van der Waals surface area (Å²) in [5, 5.41) is 0. The van der Waals surface area contributed by atoms with Crippen molar-refractivity contribution < 1.29 is 70.9 Å². The van der Waals surface area contributed by atoms with Crippen LogP contribution in [-0.4, -0.2) is 49.3 Å². The van der Waals surface area contributed by atoms with Crippen LogP contribution in [0.5, 0.6) is 0 Å². The highest BCUT2D eigenvalue weighted by molar-refractivity contribution is 5.32. The first-order valence-corrected chi connectivity index (χ1v) is 5.84. The van der Waals surface area contributed by atoms with E-state index in [0.29, 0.717) is 0 Å². The molecule has 0 radical (unpaired) electrons. The minimum Gasteiger partial charge on any atom is -0.479 e. The predicted octanol–water partition coefficient (Wildman–Crippen LogP) is 4.91. The molecule has 0 aromatic carbocycles. The van der Waals surface area contributed by atoms with Crippen LogP contribution >= 0.6 is 0 Å². The van der Waals surface area contributed by atoms with Gasteiger partial charge in [0.1, 0.15) is 0 Å². The summed E-state index contributed by atoms with van der Waals surface area (Å²) in [7, 11) is 0. The summed E-state index contributed by atoms with van der Waals surface area (Å²) in [6, 6.07) is 0. The largest absolute Gasteiger partial charge is 0.479 e. The van der Waals surface area contributed by atoms with Gasteiger partial charge in [-0.25, -0.2) is 0 Å². The van der Waals surface area contributed by atoms with Crippen LogP contribution in [0.15, 0.2) is 11.5 Å². The van der Waals surface area contributed by atoms with Gasteiger partial charge in [0.15, 0.2) is 13.2 Å². The fourth-order valence-corrected chi connectivity index (χ4v) is 1.59. The highest BCUT2D eigenvalue weighted by Gasteiger charge is 2.88. The van der Waals surface area contributed by atoms with Crippen molar-refractivity contribution in [2.75, 3.05) is 13.2 Å². The molecule has 1 aliphatic carbocycles. The first-order chi connectivity index (χ1) is 11.2. The normalized spacial score (nSPS) is 24.4. The van der Waals surface area contributed by atoms with Gasteiger partial charge in [-0.1, -0.05) is 0 Å². The lowest BCUT2D eigenvalue weighted by Crippen LogP contribution is -2.67. The first-order valence-electron chi connectivity index (χ1n) is 5.84. The Hall–Kier alpha value is -1.64. The molecule has 154 valence electrons. The maximum Gasteiger partial charge on any atom is 0.422 e. The van der Waals surface area contributed by atoms with Crippen molar-refractivity contribution in [1.29, 1.82) is 0 Å². The monoisotopic (exact) mass is 422 g/mol. The minimum atomic E-state index is -7.02. The summed E-state index contributed by atoms with van der Waals surface area (Å²) in [6.07, 6.45) is -11.2. The Balaban J connectivity index is 3.60. The lowest BCUT2D eigenvalue weighted by atomic mass is 9.88. The molecule has 26 heavy (non-hydrogen) atoms. The molecule has 0 atom stereocenters. The van der Waals surface area contributed by atoms with Crippen molar-refractivity contribution in [3.8, 4) is 0 Å². The van der Waals surface area contributed by atoms with Gasteiger partial charge in [-0.05, 0) is 0 Å². The second kappa shape index (κ2) is 5.94. The van der Waals surface area contributed by atoms with E-state index in [0.717, 1.165) is 0 Å². The molecule has 0 saturated heterocycles. The molecule has 1 aliphatic rings. The molecular formula is C10H4F14O2. The van der Waals surface area contributed by atoms with Gasteiger partial charge in [0.05, 0.1) is 0 Å². The second-order valence-corrected chi connectivity index (χ2v) is 4.76. The molecular weight excluding hydrogens is 418 g/mol. The van der Waals surface area contributed by atoms with Crippen LogP contribution < -0.4 is 0 Å². The molecule has 0 spiro atoms. The Morgan fingerprint density at radius 1 is 0.538 bits per heavy atom. The van der Waals surface area contributed by atoms with Gasteiger partial charge < -0.3 is 9.47 Å². The molecule has 0 aliphatic heterocycles. The van der Waals surface area contributed by atoms with Gasteiger partial charge >= 0.3 is 36.0 Å². The maximum atomic E-state index is 13.5. The number of allylic oxidation sites excluding steroid dienone is 2. The smallest absolute Gasteiger partial charge is 0.422 e. The third kappa shape index (κ3) is 3.58. The number of hydrogen-bond acceptors (Lipinski definition) is 2. The topological polar surface area (TPSA) is 18.5 Å². The molecule has 2 nitrogen and oxygen atoms in total. The van der Waals surface area contributed by atoms with Gasteiger partial charge in [0.2, 0.25) is 11.5 Å². The van der Waals surface area contributed by atoms with Crippen molar-refractivity contribution in [2.24, 2.45) is 0 Å². The highest BCUT2D eigenvalue weighted by atomic mass is 19.4. The van der Waals surface area contributed by atoms with E-state index in [1.165, 1.54) is 0 Å². The zero-order chi connectivity index (χ0) is 21.0. The Kier molecular flexibility index (Phi) is 5.11. The molecule has 0 saturated carbocycles. The van der Waals surface area contributed by atoms with Crippen molar-refractivity contribution in [3.63, 3.8) is 0 Å². The number of rotatable bonds is 4. The summed E-state index contributed by atoms with van der Waals surface area (Å²) < 4.78 is 184. The van der Waals surface area contributed by atoms with Crippen LogP contribution in [0.2, 0.25) is 0 Å². The molecule has 0 aromatic heterocycles. The lowest BCUT2D eigenvalue weighted by Gasteiger charge is -2.42. The maximum absolute atomic E-state index is 13.5. The van der Waals surface area contributed by atoms with Gasteiger partial charge in [-0.15, -0.1) is 0 Å². The van der Waals surface area contributed by atoms with E-state index in [9.17, 15) is 61.5 Å².